The molecule has 2 N–H and O–H groups in total. The van der Waals surface area contributed by atoms with E-state index in [1.807, 2.05) is 0 Å². The minimum Gasteiger partial charge on any atom is -0.444 e. The van der Waals surface area contributed by atoms with Gasteiger partial charge < -0.3 is 10.1 Å². The summed E-state index contributed by atoms with van der Waals surface area (Å²) in [5.41, 5.74) is 0.411. The molecule has 2 aromatic rings. The van der Waals surface area contributed by atoms with E-state index in [9.17, 15) is 14.4 Å². The summed E-state index contributed by atoms with van der Waals surface area (Å²) in [5.74, 6) is -1.64. The highest BCUT2D eigenvalue weighted by molar-refractivity contribution is 6.41. The number of rotatable bonds is 4. The number of hydrogen-bond acceptors (Lipinski definition) is 5. The number of halogens is 2. The van der Waals surface area contributed by atoms with Crippen molar-refractivity contribution in [3.8, 4) is 0 Å². The van der Waals surface area contributed by atoms with Crippen LogP contribution in [0.5, 0.6) is 0 Å². The van der Waals surface area contributed by atoms with E-state index in [0.29, 0.717) is 5.56 Å². The Balaban J connectivity index is 2.26. The van der Waals surface area contributed by atoms with Gasteiger partial charge in [-0.2, -0.15) is 0 Å². The van der Waals surface area contributed by atoms with E-state index in [4.69, 9.17) is 27.9 Å². The lowest BCUT2D eigenvalue weighted by Gasteiger charge is -2.17. The summed E-state index contributed by atoms with van der Waals surface area (Å²) in [6, 6.07) is 8.81. The van der Waals surface area contributed by atoms with E-state index >= 15 is 0 Å². The topological polar surface area (TPSA) is 97.4 Å². The number of pyridine rings is 1. The van der Waals surface area contributed by atoms with E-state index in [1.54, 1.807) is 30.3 Å². The van der Waals surface area contributed by atoms with Gasteiger partial charge in [0.1, 0.15) is 5.15 Å². The molecule has 1 aromatic carbocycles. The van der Waals surface area contributed by atoms with Gasteiger partial charge in [-0.1, -0.05) is 53.5 Å². The predicted molar refractivity (Wildman–Crippen MR) is 91.5 cm³/mol. The van der Waals surface area contributed by atoms with Crippen molar-refractivity contribution in [2.75, 3.05) is 7.05 Å². The Kier molecular flexibility index (Phi) is 6.32. The quantitative estimate of drug-likeness (QED) is 0.626. The van der Waals surface area contributed by atoms with Crippen molar-refractivity contribution in [3.63, 3.8) is 0 Å². The van der Waals surface area contributed by atoms with E-state index in [2.05, 4.69) is 15.6 Å². The standard InChI is InChI=1S/C16H13Cl2N3O4/c1-19-16(24)21-14(22)12(9-5-3-2-4-6-9)25-15(23)10-7-11(17)13(18)20-8-10/h2-8,12H,1H3,(H2,19,21,22,24)/t12-/m1/s1. The highest BCUT2D eigenvalue weighted by Gasteiger charge is 2.27. The molecule has 0 aliphatic carbocycles. The minimum absolute atomic E-state index is 0.0167. The van der Waals surface area contributed by atoms with Gasteiger partial charge in [0.15, 0.2) is 0 Å². The largest absolute Gasteiger partial charge is 0.444 e. The maximum atomic E-state index is 12.3. The highest BCUT2D eigenvalue weighted by atomic mass is 35.5. The van der Waals surface area contributed by atoms with Gasteiger partial charge in [-0.15, -0.1) is 0 Å². The molecule has 2 rings (SSSR count). The molecule has 0 spiro atoms. The van der Waals surface area contributed by atoms with Crippen LogP contribution in [0.25, 0.3) is 0 Å². The zero-order chi connectivity index (χ0) is 18.4. The van der Waals surface area contributed by atoms with Crippen LogP contribution in [-0.2, 0) is 9.53 Å². The number of carbonyl (C=O) groups excluding carboxylic acids is 3. The summed E-state index contributed by atoms with van der Waals surface area (Å²) >= 11 is 11.5. The van der Waals surface area contributed by atoms with E-state index < -0.39 is 24.0 Å². The van der Waals surface area contributed by atoms with Crippen molar-refractivity contribution in [2.24, 2.45) is 0 Å². The van der Waals surface area contributed by atoms with Crippen LogP contribution in [0.3, 0.4) is 0 Å². The van der Waals surface area contributed by atoms with Crippen molar-refractivity contribution >= 4 is 41.1 Å². The molecule has 1 heterocycles. The lowest BCUT2D eigenvalue weighted by atomic mass is 10.1. The number of benzene rings is 1. The van der Waals surface area contributed by atoms with Crippen LogP contribution in [0.2, 0.25) is 10.2 Å². The number of ether oxygens (including phenoxy) is 1. The summed E-state index contributed by atoms with van der Waals surface area (Å²) in [4.78, 5) is 39.7. The third-order valence-corrected chi connectivity index (χ3v) is 3.75. The number of esters is 1. The average molecular weight is 382 g/mol. The normalized spacial score (nSPS) is 11.3. The molecule has 3 amide bonds. The van der Waals surface area contributed by atoms with Crippen molar-refractivity contribution in [2.45, 2.75) is 6.10 Å². The second-order valence-electron chi connectivity index (χ2n) is 4.76. The van der Waals surface area contributed by atoms with Crippen LogP contribution in [0.4, 0.5) is 4.79 Å². The van der Waals surface area contributed by atoms with Gasteiger partial charge in [-0.05, 0) is 6.07 Å². The highest BCUT2D eigenvalue weighted by Crippen LogP contribution is 2.23. The number of amides is 3. The Morgan fingerprint density at radius 1 is 1.16 bits per heavy atom. The fourth-order valence-corrected chi connectivity index (χ4v) is 2.12. The molecule has 7 nitrogen and oxygen atoms in total. The van der Waals surface area contributed by atoms with Gasteiger partial charge >= 0.3 is 12.0 Å². The molecule has 9 heteroatoms. The molecule has 0 radical (unpaired) electrons. The number of hydrogen-bond donors (Lipinski definition) is 2. The summed E-state index contributed by atoms with van der Waals surface area (Å²) < 4.78 is 5.25. The van der Waals surface area contributed by atoms with Crippen LogP contribution >= 0.6 is 23.2 Å². The van der Waals surface area contributed by atoms with Gasteiger partial charge in [0.05, 0.1) is 10.6 Å². The van der Waals surface area contributed by atoms with Crippen LogP contribution < -0.4 is 10.6 Å². The number of aromatic nitrogens is 1. The van der Waals surface area contributed by atoms with Crippen molar-refractivity contribution in [1.29, 1.82) is 0 Å². The summed E-state index contributed by atoms with van der Waals surface area (Å²) in [6.45, 7) is 0. The van der Waals surface area contributed by atoms with Crippen molar-refractivity contribution < 1.29 is 19.1 Å². The first-order valence-electron chi connectivity index (χ1n) is 7.02. The molecule has 0 saturated carbocycles. The molecule has 0 aliphatic heterocycles. The Bertz CT molecular complexity index is 799. The monoisotopic (exact) mass is 381 g/mol. The average Bonchev–Trinajstić information content (AvgIpc) is 2.62. The Hall–Kier alpha value is -2.64. The van der Waals surface area contributed by atoms with E-state index in [0.717, 1.165) is 0 Å². The smallest absolute Gasteiger partial charge is 0.340 e. The maximum absolute atomic E-state index is 12.3. The zero-order valence-electron chi connectivity index (χ0n) is 13.0. The molecule has 0 saturated heterocycles. The molecular formula is C16H13Cl2N3O4. The maximum Gasteiger partial charge on any atom is 0.340 e. The first-order valence-corrected chi connectivity index (χ1v) is 7.77. The first kappa shape index (κ1) is 18.7. The van der Waals surface area contributed by atoms with Crippen LogP contribution in [0.15, 0.2) is 42.6 Å². The van der Waals surface area contributed by atoms with Crippen LogP contribution in [-0.4, -0.2) is 29.9 Å². The van der Waals surface area contributed by atoms with Gasteiger partial charge in [0.2, 0.25) is 6.10 Å². The first-order chi connectivity index (χ1) is 11.9. The third kappa shape index (κ3) is 4.91. The molecule has 0 unspecified atom stereocenters. The Morgan fingerprint density at radius 2 is 1.84 bits per heavy atom. The second kappa shape index (κ2) is 8.46. The fraction of sp³-hybridized carbons (Fsp3) is 0.125. The van der Waals surface area contributed by atoms with Gasteiger partial charge in [0, 0.05) is 18.8 Å². The van der Waals surface area contributed by atoms with E-state index in [-0.39, 0.29) is 15.7 Å². The molecule has 25 heavy (non-hydrogen) atoms. The van der Waals surface area contributed by atoms with E-state index in [1.165, 1.54) is 19.3 Å². The number of nitrogens with zero attached hydrogens (tertiary/aromatic N) is 1. The summed E-state index contributed by atoms with van der Waals surface area (Å²) in [7, 11) is 1.35. The zero-order valence-corrected chi connectivity index (χ0v) is 14.5. The molecule has 1 atom stereocenters. The predicted octanol–water partition coefficient (Wildman–Crippen LogP) is 2.74. The van der Waals surface area contributed by atoms with Crippen LogP contribution in [0, 0.1) is 0 Å². The molecular weight excluding hydrogens is 369 g/mol. The molecule has 0 bridgehead atoms. The molecule has 130 valence electrons. The Morgan fingerprint density at radius 3 is 2.44 bits per heavy atom. The third-order valence-electron chi connectivity index (χ3n) is 3.06. The van der Waals surface area contributed by atoms with Gasteiger partial charge in [-0.3, -0.25) is 10.1 Å². The summed E-state index contributed by atoms with van der Waals surface area (Å²) in [6.07, 6.45) is -0.157. The van der Waals surface area contributed by atoms with Gasteiger partial charge in [-0.25, -0.2) is 14.6 Å². The molecule has 1 aromatic heterocycles. The molecule has 0 aliphatic rings. The molecule has 0 fully saturated rings. The second-order valence-corrected chi connectivity index (χ2v) is 5.53. The van der Waals surface area contributed by atoms with Gasteiger partial charge in [0.25, 0.3) is 5.91 Å². The summed E-state index contributed by atoms with van der Waals surface area (Å²) in [5, 5.41) is 4.43. The lowest BCUT2D eigenvalue weighted by molar-refractivity contribution is -0.129. The SMILES string of the molecule is CNC(=O)NC(=O)[C@H](OC(=O)c1cnc(Cl)c(Cl)c1)c1ccccc1. The number of urea groups is 1. The minimum atomic E-state index is -1.33. The Labute approximate surface area is 153 Å². The number of imide groups is 1. The fourth-order valence-electron chi connectivity index (χ4n) is 1.85. The number of nitrogens with one attached hydrogen (secondary N) is 2. The number of carbonyl (C=O) groups is 3. The van der Waals surface area contributed by atoms with Crippen molar-refractivity contribution in [1.82, 2.24) is 15.6 Å². The van der Waals surface area contributed by atoms with Crippen molar-refractivity contribution in [3.05, 3.63) is 63.9 Å². The lowest BCUT2D eigenvalue weighted by Crippen LogP contribution is -2.41. The van der Waals surface area contributed by atoms with Crippen LogP contribution in [0.1, 0.15) is 22.0 Å².